The van der Waals surface area contributed by atoms with Gasteiger partial charge < -0.3 is 9.55 Å². The SMILES string of the molecule is Cc1ccc(Cn2ccccc2=NC(=O)c2ccc(C)[nH]c2=O)cc1. The summed E-state index contributed by atoms with van der Waals surface area (Å²) in [6, 6.07) is 16.8. The lowest BCUT2D eigenvalue weighted by Gasteiger charge is -2.07. The highest BCUT2D eigenvalue weighted by molar-refractivity contribution is 5.94. The molecule has 0 saturated heterocycles. The van der Waals surface area contributed by atoms with E-state index in [1.807, 2.05) is 54.1 Å². The van der Waals surface area contributed by atoms with E-state index in [9.17, 15) is 9.59 Å². The maximum Gasteiger partial charge on any atom is 0.284 e. The lowest BCUT2D eigenvalue weighted by Crippen LogP contribution is -2.24. The minimum atomic E-state index is -0.551. The molecule has 2 heterocycles. The number of amides is 1. The summed E-state index contributed by atoms with van der Waals surface area (Å²) in [6.07, 6.45) is 1.87. The summed E-state index contributed by atoms with van der Waals surface area (Å²) in [5, 5.41) is 0. The molecular formula is C20H19N3O2. The van der Waals surface area contributed by atoms with E-state index in [-0.39, 0.29) is 5.56 Å². The highest BCUT2D eigenvalue weighted by Gasteiger charge is 2.09. The zero-order chi connectivity index (χ0) is 17.8. The predicted molar refractivity (Wildman–Crippen MR) is 96.4 cm³/mol. The van der Waals surface area contributed by atoms with Crippen LogP contribution in [0, 0.1) is 13.8 Å². The molecule has 0 spiro atoms. The van der Waals surface area contributed by atoms with Crippen LogP contribution in [0.15, 0.2) is 70.6 Å². The van der Waals surface area contributed by atoms with Crippen molar-refractivity contribution in [2.24, 2.45) is 4.99 Å². The Labute approximate surface area is 145 Å². The first kappa shape index (κ1) is 16.6. The van der Waals surface area contributed by atoms with Crippen LogP contribution in [-0.2, 0) is 6.54 Å². The third kappa shape index (κ3) is 4.01. The minimum Gasteiger partial charge on any atom is -0.328 e. The number of aryl methyl sites for hydroxylation is 2. The average molecular weight is 333 g/mol. The third-order valence-corrected chi connectivity index (χ3v) is 3.89. The van der Waals surface area contributed by atoms with Crippen molar-refractivity contribution in [1.29, 1.82) is 0 Å². The summed E-state index contributed by atoms with van der Waals surface area (Å²) in [4.78, 5) is 31.1. The topological polar surface area (TPSA) is 67.2 Å². The Hall–Kier alpha value is -3.21. The Kier molecular flexibility index (Phi) is 4.75. The van der Waals surface area contributed by atoms with Crippen LogP contribution in [0.2, 0.25) is 0 Å². The van der Waals surface area contributed by atoms with E-state index in [0.29, 0.717) is 17.7 Å². The van der Waals surface area contributed by atoms with Crippen molar-refractivity contribution in [3.63, 3.8) is 0 Å². The zero-order valence-corrected chi connectivity index (χ0v) is 14.2. The molecule has 1 N–H and O–H groups in total. The van der Waals surface area contributed by atoms with E-state index in [1.165, 1.54) is 11.6 Å². The van der Waals surface area contributed by atoms with Gasteiger partial charge in [0.1, 0.15) is 11.1 Å². The van der Waals surface area contributed by atoms with Gasteiger partial charge in [-0.25, -0.2) is 0 Å². The highest BCUT2D eigenvalue weighted by Crippen LogP contribution is 2.04. The van der Waals surface area contributed by atoms with Gasteiger partial charge in [-0.1, -0.05) is 35.9 Å². The van der Waals surface area contributed by atoms with Crippen LogP contribution in [0.4, 0.5) is 0 Å². The van der Waals surface area contributed by atoms with Gasteiger partial charge in [-0.15, -0.1) is 0 Å². The van der Waals surface area contributed by atoms with Gasteiger partial charge in [0.15, 0.2) is 0 Å². The van der Waals surface area contributed by atoms with Gasteiger partial charge in [0.25, 0.3) is 11.5 Å². The Bertz CT molecular complexity index is 1030. The molecule has 3 rings (SSSR count). The normalized spacial score (nSPS) is 11.5. The van der Waals surface area contributed by atoms with E-state index >= 15 is 0 Å². The molecule has 25 heavy (non-hydrogen) atoms. The van der Waals surface area contributed by atoms with Crippen molar-refractivity contribution in [3.05, 3.63) is 99.0 Å². The average Bonchev–Trinajstić information content (AvgIpc) is 2.58. The van der Waals surface area contributed by atoms with Gasteiger partial charge in [-0.05, 0) is 43.7 Å². The van der Waals surface area contributed by atoms with Crippen LogP contribution < -0.4 is 11.0 Å². The molecule has 3 aromatic rings. The van der Waals surface area contributed by atoms with E-state index in [2.05, 4.69) is 9.98 Å². The first-order valence-electron chi connectivity index (χ1n) is 8.03. The lowest BCUT2D eigenvalue weighted by molar-refractivity contribution is 0.0995. The number of aromatic amines is 1. The van der Waals surface area contributed by atoms with Gasteiger partial charge in [-0.3, -0.25) is 9.59 Å². The highest BCUT2D eigenvalue weighted by atomic mass is 16.2. The predicted octanol–water partition coefficient (Wildman–Crippen LogP) is 2.58. The molecular weight excluding hydrogens is 314 g/mol. The summed E-state index contributed by atoms with van der Waals surface area (Å²) in [5.41, 5.74) is 3.13. The molecule has 2 aromatic heterocycles. The second-order valence-electron chi connectivity index (χ2n) is 5.97. The zero-order valence-electron chi connectivity index (χ0n) is 14.2. The number of rotatable bonds is 3. The Balaban J connectivity index is 1.97. The molecule has 0 unspecified atom stereocenters. The van der Waals surface area contributed by atoms with Crippen LogP contribution in [-0.4, -0.2) is 15.5 Å². The molecule has 0 saturated carbocycles. The summed E-state index contributed by atoms with van der Waals surface area (Å²) in [5.74, 6) is -0.551. The quantitative estimate of drug-likeness (QED) is 0.800. The fourth-order valence-corrected chi connectivity index (χ4v) is 2.50. The van der Waals surface area contributed by atoms with Gasteiger partial charge in [-0.2, -0.15) is 4.99 Å². The minimum absolute atomic E-state index is 0.0383. The fraction of sp³-hybridized carbons (Fsp3) is 0.150. The summed E-state index contributed by atoms with van der Waals surface area (Å²) >= 11 is 0. The summed E-state index contributed by atoms with van der Waals surface area (Å²) in [7, 11) is 0. The molecule has 0 radical (unpaired) electrons. The van der Waals surface area contributed by atoms with Gasteiger partial charge in [0, 0.05) is 18.4 Å². The second-order valence-corrected chi connectivity index (χ2v) is 5.97. The molecule has 1 aromatic carbocycles. The molecule has 1 amide bonds. The molecule has 0 aliphatic carbocycles. The number of aromatic nitrogens is 2. The van der Waals surface area contributed by atoms with Crippen molar-refractivity contribution >= 4 is 5.91 Å². The van der Waals surface area contributed by atoms with Crippen molar-refractivity contribution in [1.82, 2.24) is 9.55 Å². The number of hydrogen-bond acceptors (Lipinski definition) is 2. The molecule has 0 fully saturated rings. The van der Waals surface area contributed by atoms with Gasteiger partial charge >= 0.3 is 0 Å². The number of carbonyl (C=O) groups is 1. The molecule has 0 aliphatic rings. The largest absolute Gasteiger partial charge is 0.328 e. The molecule has 0 atom stereocenters. The van der Waals surface area contributed by atoms with E-state index in [0.717, 1.165) is 5.56 Å². The number of nitrogens with one attached hydrogen (secondary N) is 1. The Morgan fingerprint density at radius 3 is 2.52 bits per heavy atom. The standard InChI is InChI=1S/C20H19N3O2/c1-14-6-9-16(10-7-14)13-23-12-4-3-5-18(23)22-20(25)17-11-8-15(2)21-19(17)24/h3-12H,13H2,1-2H3,(H,21,24). The van der Waals surface area contributed by atoms with E-state index in [4.69, 9.17) is 0 Å². The van der Waals surface area contributed by atoms with Gasteiger partial charge in [0.05, 0.1) is 0 Å². The number of H-pyrrole nitrogens is 1. The molecule has 0 bridgehead atoms. The van der Waals surface area contributed by atoms with Crippen molar-refractivity contribution < 1.29 is 4.79 Å². The first-order valence-corrected chi connectivity index (χ1v) is 8.03. The van der Waals surface area contributed by atoms with Crippen LogP contribution >= 0.6 is 0 Å². The van der Waals surface area contributed by atoms with Gasteiger partial charge in [0.2, 0.25) is 0 Å². The number of pyridine rings is 2. The van der Waals surface area contributed by atoms with Crippen LogP contribution in [0.3, 0.4) is 0 Å². The van der Waals surface area contributed by atoms with Crippen molar-refractivity contribution in [3.8, 4) is 0 Å². The van der Waals surface area contributed by atoms with Crippen molar-refractivity contribution in [2.75, 3.05) is 0 Å². The number of hydrogen-bond donors (Lipinski definition) is 1. The first-order chi connectivity index (χ1) is 12.0. The van der Waals surface area contributed by atoms with Crippen molar-refractivity contribution in [2.45, 2.75) is 20.4 Å². The number of nitrogens with zero attached hydrogens (tertiary/aromatic N) is 2. The molecule has 126 valence electrons. The number of carbonyl (C=O) groups excluding carboxylic acids is 1. The van der Waals surface area contributed by atoms with Crippen LogP contribution in [0.25, 0.3) is 0 Å². The second kappa shape index (κ2) is 7.13. The Morgan fingerprint density at radius 2 is 1.80 bits per heavy atom. The maximum atomic E-state index is 12.4. The molecule has 0 aliphatic heterocycles. The molecule has 5 nitrogen and oxygen atoms in total. The number of benzene rings is 1. The monoisotopic (exact) mass is 333 g/mol. The summed E-state index contributed by atoms with van der Waals surface area (Å²) < 4.78 is 1.88. The summed E-state index contributed by atoms with van der Waals surface area (Å²) in [6.45, 7) is 4.40. The maximum absolute atomic E-state index is 12.4. The van der Waals surface area contributed by atoms with E-state index in [1.54, 1.807) is 19.1 Å². The van der Waals surface area contributed by atoms with Crippen LogP contribution in [0.5, 0.6) is 0 Å². The van der Waals surface area contributed by atoms with E-state index < -0.39 is 11.5 Å². The lowest BCUT2D eigenvalue weighted by atomic mass is 10.1. The van der Waals surface area contributed by atoms with Crippen LogP contribution in [0.1, 0.15) is 27.2 Å². The molecule has 5 heteroatoms. The Morgan fingerprint density at radius 1 is 1.04 bits per heavy atom. The smallest absolute Gasteiger partial charge is 0.284 e. The third-order valence-electron chi connectivity index (χ3n) is 3.89. The fourth-order valence-electron chi connectivity index (χ4n) is 2.50.